The molecule has 32 heavy (non-hydrogen) atoms. The molecule has 0 aliphatic carbocycles. The molecule has 3 N–H and O–H groups in total. The third-order valence-corrected chi connectivity index (χ3v) is 6.01. The first-order valence-corrected chi connectivity index (χ1v) is 11.1. The Morgan fingerprint density at radius 3 is 2.56 bits per heavy atom. The molecule has 5 rings (SSSR count). The molecule has 0 atom stereocenters. The normalized spacial score (nSPS) is 11.2. The zero-order valence-electron chi connectivity index (χ0n) is 17.3. The van der Waals surface area contributed by atoms with Crippen molar-refractivity contribution in [2.75, 3.05) is 5.75 Å². The Labute approximate surface area is 188 Å². The minimum atomic E-state index is -0.894. The topological polar surface area (TPSA) is 94.7 Å². The third kappa shape index (κ3) is 4.15. The number of aryl methyl sites for hydroxylation is 1. The third-order valence-electron chi connectivity index (χ3n) is 5.18. The van der Waals surface area contributed by atoms with Crippen LogP contribution in [0.3, 0.4) is 0 Å². The van der Waals surface area contributed by atoms with Crippen molar-refractivity contribution in [3.05, 3.63) is 78.4 Å². The van der Waals surface area contributed by atoms with Crippen LogP contribution < -0.4 is 0 Å². The lowest BCUT2D eigenvalue weighted by Crippen LogP contribution is -1.97. The molecule has 0 aliphatic heterocycles. The number of fused-ring (bicyclic) bond motifs is 1. The van der Waals surface area contributed by atoms with Crippen LogP contribution in [0.15, 0.2) is 78.0 Å². The van der Waals surface area contributed by atoms with Crippen molar-refractivity contribution in [2.24, 2.45) is 0 Å². The van der Waals surface area contributed by atoms with Crippen LogP contribution in [0, 0.1) is 6.92 Å². The first kappa shape index (κ1) is 20.1. The molecule has 158 valence electrons. The maximum absolute atomic E-state index is 10.8. The van der Waals surface area contributed by atoms with E-state index in [1.165, 1.54) is 0 Å². The lowest BCUT2D eigenvalue weighted by molar-refractivity contribution is -0.133. The molecule has 6 nitrogen and oxygen atoms in total. The number of H-pyrrole nitrogens is 2. The van der Waals surface area contributed by atoms with Crippen molar-refractivity contribution in [1.82, 2.24) is 20.2 Å². The molecule has 0 saturated carbocycles. The Bertz CT molecular complexity index is 1420. The minimum Gasteiger partial charge on any atom is -0.481 e. The summed E-state index contributed by atoms with van der Waals surface area (Å²) in [4.78, 5) is 18.7. The lowest BCUT2D eigenvalue weighted by Gasteiger charge is -2.07. The van der Waals surface area contributed by atoms with Crippen LogP contribution in [-0.4, -0.2) is 37.0 Å². The number of carboxylic acids is 1. The summed E-state index contributed by atoms with van der Waals surface area (Å²) in [6.45, 7) is 2.05. The number of aromatic amines is 2. The number of hydrogen-bond acceptors (Lipinski definition) is 4. The molecule has 5 aromatic rings. The van der Waals surface area contributed by atoms with E-state index in [1.54, 1.807) is 0 Å². The summed E-state index contributed by atoms with van der Waals surface area (Å²) in [5.74, 6) is -0.343. The first-order valence-electron chi connectivity index (χ1n) is 10.1. The molecule has 0 radical (unpaired) electrons. The van der Waals surface area contributed by atoms with Crippen LogP contribution in [0.5, 0.6) is 0 Å². The quantitative estimate of drug-likeness (QED) is 0.291. The second kappa shape index (κ2) is 8.36. The molecule has 0 spiro atoms. The molecule has 0 fully saturated rings. The van der Waals surface area contributed by atoms with E-state index in [0.717, 1.165) is 56.2 Å². The molecular weight excluding hydrogens is 420 g/mol. The maximum atomic E-state index is 10.8. The van der Waals surface area contributed by atoms with Gasteiger partial charge in [-0.05, 0) is 59.5 Å². The summed E-state index contributed by atoms with van der Waals surface area (Å²) < 4.78 is 0. The van der Waals surface area contributed by atoms with Gasteiger partial charge in [0, 0.05) is 22.2 Å². The van der Waals surface area contributed by atoms with E-state index in [4.69, 9.17) is 5.11 Å². The zero-order valence-corrected chi connectivity index (χ0v) is 18.1. The summed E-state index contributed by atoms with van der Waals surface area (Å²) in [6, 6.07) is 25.1. The van der Waals surface area contributed by atoms with Gasteiger partial charge in [0.1, 0.15) is 0 Å². The lowest BCUT2D eigenvalue weighted by atomic mass is 9.99. The van der Waals surface area contributed by atoms with Crippen LogP contribution in [0.1, 0.15) is 5.56 Å². The molecule has 0 saturated heterocycles. The number of carboxylic acid groups (broad SMARTS) is 1. The predicted octanol–water partition coefficient (Wildman–Crippen LogP) is 5.77. The minimum absolute atomic E-state index is 0.0714. The predicted molar refractivity (Wildman–Crippen MR) is 128 cm³/mol. The van der Waals surface area contributed by atoms with E-state index in [9.17, 15) is 4.79 Å². The fraction of sp³-hybridized carbons (Fsp3) is 0.0800. The molecule has 0 unspecified atom stereocenters. The van der Waals surface area contributed by atoms with Gasteiger partial charge in [0.2, 0.25) is 5.16 Å². The number of rotatable bonds is 6. The Kier molecular flexibility index (Phi) is 5.25. The SMILES string of the molecule is Cc1cc(-c2ccc3[nH]c(-c4ccccc4)cc3c2)cc(-c2nc(SCC(=O)O)n[nH]2)c1. The van der Waals surface area contributed by atoms with E-state index >= 15 is 0 Å². The van der Waals surface area contributed by atoms with Gasteiger partial charge in [0.25, 0.3) is 0 Å². The largest absolute Gasteiger partial charge is 0.481 e. The fourth-order valence-electron chi connectivity index (χ4n) is 3.74. The summed E-state index contributed by atoms with van der Waals surface area (Å²) in [6.07, 6.45) is 0. The number of benzene rings is 3. The van der Waals surface area contributed by atoms with Gasteiger partial charge < -0.3 is 10.1 Å². The van der Waals surface area contributed by atoms with Crippen molar-refractivity contribution >= 4 is 28.6 Å². The van der Waals surface area contributed by atoms with Gasteiger partial charge in [-0.15, -0.1) is 5.10 Å². The van der Waals surface area contributed by atoms with Gasteiger partial charge >= 0.3 is 5.97 Å². The zero-order chi connectivity index (χ0) is 22.1. The van der Waals surface area contributed by atoms with Crippen molar-refractivity contribution in [2.45, 2.75) is 12.1 Å². The summed E-state index contributed by atoms with van der Waals surface area (Å²) >= 11 is 1.09. The number of thioether (sulfide) groups is 1. The van der Waals surface area contributed by atoms with E-state index < -0.39 is 5.97 Å². The fourth-order valence-corrected chi connectivity index (χ4v) is 4.26. The van der Waals surface area contributed by atoms with Gasteiger partial charge in [-0.3, -0.25) is 9.89 Å². The van der Waals surface area contributed by atoms with Crippen LogP contribution >= 0.6 is 11.8 Å². The van der Waals surface area contributed by atoms with Crippen LogP contribution in [0.4, 0.5) is 0 Å². The number of hydrogen-bond donors (Lipinski definition) is 3. The van der Waals surface area contributed by atoms with Crippen molar-refractivity contribution in [3.8, 4) is 33.8 Å². The Morgan fingerprint density at radius 1 is 0.938 bits per heavy atom. The highest BCUT2D eigenvalue weighted by molar-refractivity contribution is 7.99. The standard InChI is InChI=1S/C25H20N4O2S/c1-15-9-18(12-20(10-15)24-27-25(29-28-24)32-14-23(30)31)17-7-8-21-19(11-17)13-22(26-21)16-5-3-2-4-6-16/h2-13,26H,14H2,1H3,(H,30,31)(H,27,28,29). The van der Waals surface area contributed by atoms with E-state index in [1.807, 2.05) is 31.2 Å². The van der Waals surface area contributed by atoms with Gasteiger partial charge in [-0.2, -0.15) is 0 Å². The van der Waals surface area contributed by atoms with Crippen LogP contribution in [0.2, 0.25) is 0 Å². The summed E-state index contributed by atoms with van der Waals surface area (Å²) in [7, 11) is 0. The van der Waals surface area contributed by atoms with Gasteiger partial charge in [0.15, 0.2) is 5.82 Å². The molecule has 3 aromatic carbocycles. The van der Waals surface area contributed by atoms with Gasteiger partial charge in [0.05, 0.1) is 5.75 Å². The smallest absolute Gasteiger partial charge is 0.313 e. The number of aromatic nitrogens is 4. The first-order chi connectivity index (χ1) is 15.5. The molecule has 0 aliphatic rings. The van der Waals surface area contributed by atoms with Gasteiger partial charge in [-0.1, -0.05) is 54.2 Å². The molecule has 0 amide bonds. The molecule has 0 bridgehead atoms. The second-order valence-corrected chi connectivity index (χ2v) is 8.53. The molecular formula is C25H20N4O2S. The Morgan fingerprint density at radius 2 is 1.75 bits per heavy atom. The highest BCUT2D eigenvalue weighted by atomic mass is 32.2. The van der Waals surface area contributed by atoms with Crippen LogP contribution in [-0.2, 0) is 4.79 Å². The highest BCUT2D eigenvalue weighted by Gasteiger charge is 2.11. The Hall–Kier alpha value is -3.84. The number of nitrogens with zero attached hydrogens (tertiary/aromatic N) is 2. The number of aliphatic carboxylic acids is 1. The Balaban J connectivity index is 1.48. The van der Waals surface area contributed by atoms with E-state index in [0.29, 0.717) is 11.0 Å². The summed E-state index contributed by atoms with van der Waals surface area (Å²) in [5.41, 5.74) is 7.56. The van der Waals surface area contributed by atoms with Crippen molar-refractivity contribution in [1.29, 1.82) is 0 Å². The van der Waals surface area contributed by atoms with E-state index in [-0.39, 0.29) is 5.75 Å². The van der Waals surface area contributed by atoms with Gasteiger partial charge in [-0.25, -0.2) is 4.98 Å². The second-order valence-electron chi connectivity index (χ2n) is 7.59. The highest BCUT2D eigenvalue weighted by Crippen LogP contribution is 2.31. The summed E-state index contributed by atoms with van der Waals surface area (Å²) in [5, 5.41) is 17.5. The number of nitrogens with one attached hydrogen (secondary N) is 2. The van der Waals surface area contributed by atoms with Crippen molar-refractivity contribution in [3.63, 3.8) is 0 Å². The monoisotopic (exact) mass is 440 g/mol. The molecule has 7 heteroatoms. The molecule has 2 aromatic heterocycles. The average molecular weight is 441 g/mol. The number of carbonyl (C=O) groups is 1. The van der Waals surface area contributed by atoms with Crippen molar-refractivity contribution < 1.29 is 9.90 Å². The van der Waals surface area contributed by atoms with E-state index in [2.05, 4.69) is 68.7 Å². The van der Waals surface area contributed by atoms with Crippen LogP contribution in [0.25, 0.3) is 44.7 Å². The molecule has 2 heterocycles. The maximum Gasteiger partial charge on any atom is 0.313 e. The average Bonchev–Trinajstić information content (AvgIpc) is 3.44.